The van der Waals surface area contributed by atoms with E-state index in [0.717, 1.165) is 14.3 Å². The first kappa shape index (κ1) is 12.5. The minimum Gasteiger partial charge on any atom is -0.192 e. The summed E-state index contributed by atoms with van der Waals surface area (Å²) in [6.07, 6.45) is 0. The van der Waals surface area contributed by atoms with Crippen LogP contribution in [-0.4, -0.2) is 0 Å². The number of nitrogens with zero attached hydrogens (tertiary/aromatic N) is 1. The van der Waals surface area contributed by atoms with E-state index in [9.17, 15) is 0 Å². The first-order valence-corrected chi connectivity index (χ1v) is 6.81. The van der Waals surface area contributed by atoms with Crippen molar-refractivity contribution >= 4 is 39.3 Å². The molecule has 0 aromatic heterocycles. The van der Waals surface area contributed by atoms with Gasteiger partial charge < -0.3 is 0 Å². The Hall–Kier alpha value is -0.950. The second kappa shape index (κ2) is 5.59. The average Bonchev–Trinajstić information content (AvgIpc) is 2.29. The molecule has 0 aliphatic rings. The molecule has 0 N–H and O–H groups in total. The second-order valence-electron chi connectivity index (χ2n) is 3.28. The Bertz CT molecular complexity index is 592. The Balaban J connectivity index is 2.37. The molecule has 0 fully saturated rings. The summed E-state index contributed by atoms with van der Waals surface area (Å²) in [5.74, 6) is 0. The van der Waals surface area contributed by atoms with Gasteiger partial charge in [0, 0.05) is 14.3 Å². The molecule has 0 saturated heterocycles. The van der Waals surface area contributed by atoms with Gasteiger partial charge in [-0.15, -0.1) is 0 Å². The number of hydrogen-bond donors (Lipinski definition) is 0. The summed E-state index contributed by atoms with van der Waals surface area (Å²) in [5, 5.41) is 9.57. The van der Waals surface area contributed by atoms with Crippen LogP contribution in [0.15, 0.2) is 56.7 Å². The van der Waals surface area contributed by atoms with Gasteiger partial charge in [0.25, 0.3) is 0 Å². The van der Waals surface area contributed by atoms with Crippen LogP contribution in [0.1, 0.15) is 5.56 Å². The summed E-state index contributed by atoms with van der Waals surface area (Å²) in [6.45, 7) is 0. The molecule has 17 heavy (non-hydrogen) atoms. The quantitative estimate of drug-likeness (QED) is 0.765. The molecule has 2 rings (SSSR count). The minimum atomic E-state index is 0.493. The highest BCUT2D eigenvalue weighted by molar-refractivity contribution is 9.10. The van der Waals surface area contributed by atoms with E-state index in [4.69, 9.17) is 16.9 Å². The smallest absolute Gasteiger partial charge is 0.102 e. The molecule has 0 radical (unpaired) electrons. The van der Waals surface area contributed by atoms with Crippen molar-refractivity contribution < 1.29 is 0 Å². The van der Waals surface area contributed by atoms with Gasteiger partial charge in [0.2, 0.25) is 0 Å². The first-order chi connectivity index (χ1) is 8.20. The fourth-order valence-electron chi connectivity index (χ4n) is 1.36. The number of benzene rings is 2. The van der Waals surface area contributed by atoms with Gasteiger partial charge in [-0.3, -0.25) is 0 Å². The zero-order valence-corrected chi connectivity index (χ0v) is 11.8. The average molecular weight is 325 g/mol. The van der Waals surface area contributed by atoms with Gasteiger partial charge in [-0.1, -0.05) is 51.4 Å². The van der Waals surface area contributed by atoms with Gasteiger partial charge in [-0.2, -0.15) is 5.26 Å². The van der Waals surface area contributed by atoms with Gasteiger partial charge in [-0.05, 0) is 30.3 Å². The van der Waals surface area contributed by atoms with Gasteiger partial charge in [0.1, 0.15) is 6.07 Å². The van der Waals surface area contributed by atoms with Crippen LogP contribution in [0.25, 0.3) is 0 Å². The molecule has 0 aliphatic carbocycles. The monoisotopic (exact) mass is 323 g/mol. The van der Waals surface area contributed by atoms with Crippen LogP contribution in [0.5, 0.6) is 0 Å². The molecule has 0 atom stereocenters. The van der Waals surface area contributed by atoms with Crippen molar-refractivity contribution in [1.29, 1.82) is 5.26 Å². The predicted molar refractivity (Wildman–Crippen MR) is 74.4 cm³/mol. The van der Waals surface area contributed by atoms with Crippen LogP contribution < -0.4 is 0 Å². The Kier molecular flexibility index (Phi) is 4.11. The lowest BCUT2D eigenvalue weighted by Gasteiger charge is -2.05. The Labute approximate surface area is 118 Å². The van der Waals surface area contributed by atoms with E-state index < -0.39 is 0 Å². The molecule has 2 aromatic rings. The zero-order chi connectivity index (χ0) is 12.3. The molecule has 0 spiro atoms. The lowest BCUT2D eigenvalue weighted by molar-refractivity contribution is 1.34. The molecule has 0 saturated carbocycles. The molecule has 1 nitrogen and oxygen atoms in total. The molecule has 84 valence electrons. The van der Waals surface area contributed by atoms with Crippen molar-refractivity contribution in [1.82, 2.24) is 0 Å². The minimum absolute atomic E-state index is 0.493. The van der Waals surface area contributed by atoms with E-state index in [0.29, 0.717) is 10.6 Å². The molecule has 0 unspecified atom stereocenters. The molecular formula is C13H7BrClNS. The number of hydrogen-bond acceptors (Lipinski definition) is 2. The maximum Gasteiger partial charge on any atom is 0.102 e. The van der Waals surface area contributed by atoms with Crippen molar-refractivity contribution in [2.45, 2.75) is 9.79 Å². The summed E-state index contributed by atoms with van der Waals surface area (Å²) < 4.78 is 1.02. The fourth-order valence-corrected chi connectivity index (χ4v) is 3.17. The standard InChI is InChI=1S/C13H7BrClNS/c14-9-3-1-4-10(7-9)17-13-6-2-5-12(15)11(13)8-16/h1-7H. The highest BCUT2D eigenvalue weighted by Gasteiger charge is 2.07. The molecule has 0 bridgehead atoms. The molecular weight excluding hydrogens is 318 g/mol. The Morgan fingerprint density at radius 2 is 1.94 bits per heavy atom. The van der Waals surface area contributed by atoms with E-state index in [1.54, 1.807) is 6.07 Å². The second-order valence-corrected chi connectivity index (χ2v) is 5.72. The van der Waals surface area contributed by atoms with Gasteiger partial charge >= 0.3 is 0 Å². The molecule has 0 amide bonds. The van der Waals surface area contributed by atoms with E-state index in [1.807, 2.05) is 36.4 Å². The molecule has 0 aliphatic heterocycles. The van der Waals surface area contributed by atoms with E-state index in [2.05, 4.69) is 22.0 Å². The normalized spacial score (nSPS) is 9.94. The highest BCUT2D eigenvalue weighted by Crippen LogP contribution is 2.34. The SMILES string of the molecule is N#Cc1c(Cl)cccc1Sc1cccc(Br)c1. The molecule has 0 heterocycles. The lowest BCUT2D eigenvalue weighted by Crippen LogP contribution is -1.82. The van der Waals surface area contributed by atoms with E-state index in [1.165, 1.54) is 11.8 Å². The first-order valence-electron chi connectivity index (χ1n) is 4.83. The van der Waals surface area contributed by atoms with Crippen molar-refractivity contribution in [2.75, 3.05) is 0 Å². The fraction of sp³-hybridized carbons (Fsp3) is 0. The topological polar surface area (TPSA) is 23.8 Å². The number of nitriles is 1. The lowest BCUT2D eigenvalue weighted by atomic mass is 10.2. The van der Waals surface area contributed by atoms with Crippen molar-refractivity contribution in [3.63, 3.8) is 0 Å². The third-order valence-corrected chi connectivity index (χ3v) is 3.97. The summed E-state index contributed by atoms with van der Waals surface area (Å²) in [7, 11) is 0. The summed E-state index contributed by atoms with van der Waals surface area (Å²) in [6, 6.07) is 15.5. The summed E-state index contributed by atoms with van der Waals surface area (Å²) >= 11 is 10.9. The third-order valence-electron chi connectivity index (χ3n) is 2.11. The van der Waals surface area contributed by atoms with E-state index >= 15 is 0 Å². The van der Waals surface area contributed by atoms with Crippen LogP contribution >= 0.6 is 39.3 Å². The van der Waals surface area contributed by atoms with Crippen molar-refractivity contribution in [3.05, 3.63) is 57.5 Å². The van der Waals surface area contributed by atoms with Gasteiger partial charge in [0.05, 0.1) is 10.6 Å². The maximum atomic E-state index is 9.07. The Morgan fingerprint density at radius 3 is 2.65 bits per heavy atom. The van der Waals surface area contributed by atoms with Crippen molar-refractivity contribution in [2.24, 2.45) is 0 Å². The van der Waals surface area contributed by atoms with Crippen molar-refractivity contribution in [3.8, 4) is 6.07 Å². The van der Waals surface area contributed by atoms with Gasteiger partial charge in [-0.25, -0.2) is 0 Å². The summed E-state index contributed by atoms with van der Waals surface area (Å²) in [4.78, 5) is 1.94. The third kappa shape index (κ3) is 3.04. The van der Waals surface area contributed by atoms with Crippen LogP contribution in [0, 0.1) is 11.3 Å². The zero-order valence-electron chi connectivity index (χ0n) is 8.65. The Morgan fingerprint density at radius 1 is 1.18 bits per heavy atom. The molecule has 4 heteroatoms. The number of halogens is 2. The maximum absolute atomic E-state index is 9.07. The van der Waals surface area contributed by atoms with Gasteiger partial charge in [0.15, 0.2) is 0 Å². The van der Waals surface area contributed by atoms with Crippen LogP contribution in [0.3, 0.4) is 0 Å². The number of rotatable bonds is 2. The predicted octanol–water partition coefficient (Wildman–Crippen LogP) is 5.13. The largest absolute Gasteiger partial charge is 0.192 e. The summed E-state index contributed by atoms with van der Waals surface area (Å²) in [5.41, 5.74) is 0.527. The highest BCUT2D eigenvalue weighted by atomic mass is 79.9. The van der Waals surface area contributed by atoms with Crippen LogP contribution in [0.2, 0.25) is 5.02 Å². The van der Waals surface area contributed by atoms with E-state index in [-0.39, 0.29) is 0 Å². The molecule has 2 aromatic carbocycles. The van der Waals surface area contributed by atoms with Crippen LogP contribution in [0.4, 0.5) is 0 Å². The van der Waals surface area contributed by atoms with Crippen LogP contribution in [-0.2, 0) is 0 Å².